The molecule has 0 spiro atoms. The smallest absolute Gasteiger partial charge is 0.191 e. The van der Waals surface area contributed by atoms with Gasteiger partial charge in [-0.1, -0.05) is 23.7 Å². The fourth-order valence-corrected chi connectivity index (χ4v) is 2.31. The van der Waals surface area contributed by atoms with Crippen molar-refractivity contribution < 1.29 is 0 Å². The maximum atomic E-state index is 6.04. The van der Waals surface area contributed by atoms with Crippen LogP contribution in [0.3, 0.4) is 0 Å². The SMILES string of the molecule is CN(C)CCN1C(N)=NCC1c1cccc(Cl)c1. The first-order valence-corrected chi connectivity index (χ1v) is 6.42. The van der Waals surface area contributed by atoms with Crippen molar-refractivity contribution in [2.45, 2.75) is 6.04 Å². The standard InChI is InChI=1S/C13H19ClN4/c1-17(2)6-7-18-12(9-16-13(18)15)10-4-3-5-11(14)8-10/h3-5,8,12H,6-7,9H2,1-2H3,(H2,15,16). The van der Waals surface area contributed by atoms with E-state index < -0.39 is 0 Å². The van der Waals surface area contributed by atoms with Gasteiger partial charge in [-0.3, -0.25) is 4.99 Å². The molecule has 5 heteroatoms. The maximum Gasteiger partial charge on any atom is 0.191 e. The molecular formula is C13H19ClN4. The number of guanidine groups is 1. The molecule has 18 heavy (non-hydrogen) atoms. The van der Waals surface area contributed by atoms with Crippen LogP contribution in [0.2, 0.25) is 5.02 Å². The molecule has 1 aromatic rings. The molecule has 98 valence electrons. The third kappa shape index (κ3) is 2.94. The van der Waals surface area contributed by atoms with E-state index in [4.69, 9.17) is 17.3 Å². The quantitative estimate of drug-likeness (QED) is 0.900. The van der Waals surface area contributed by atoms with Gasteiger partial charge in [0.15, 0.2) is 5.96 Å². The number of hydrogen-bond donors (Lipinski definition) is 1. The lowest BCUT2D eigenvalue weighted by Gasteiger charge is -2.27. The number of halogens is 1. The van der Waals surface area contributed by atoms with Gasteiger partial charge in [-0.15, -0.1) is 0 Å². The number of rotatable bonds is 4. The Morgan fingerprint density at radius 3 is 2.94 bits per heavy atom. The molecule has 1 atom stereocenters. The first-order valence-electron chi connectivity index (χ1n) is 6.04. The van der Waals surface area contributed by atoms with E-state index >= 15 is 0 Å². The summed E-state index contributed by atoms with van der Waals surface area (Å²) in [6.07, 6.45) is 0. The zero-order valence-corrected chi connectivity index (χ0v) is 11.6. The van der Waals surface area contributed by atoms with E-state index in [-0.39, 0.29) is 6.04 Å². The van der Waals surface area contributed by atoms with E-state index in [1.54, 1.807) is 0 Å². The van der Waals surface area contributed by atoms with Crippen LogP contribution in [0.25, 0.3) is 0 Å². The van der Waals surface area contributed by atoms with Gasteiger partial charge in [-0.2, -0.15) is 0 Å². The molecule has 0 saturated carbocycles. The van der Waals surface area contributed by atoms with Gasteiger partial charge in [0.1, 0.15) is 0 Å². The van der Waals surface area contributed by atoms with Crippen LogP contribution >= 0.6 is 11.6 Å². The third-order valence-electron chi connectivity index (χ3n) is 3.12. The fourth-order valence-electron chi connectivity index (χ4n) is 2.11. The van der Waals surface area contributed by atoms with Crippen molar-refractivity contribution in [3.05, 3.63) is 34.9 Å². The van der Waals surface area contributed by atoms with Crippen LogP contribution in [0, 0.1) is 0 Å². The number of benzene rings is 1. The molecule has 4 nitrogen and oxygen atoms in total. The summed E-state index contributed by atoms with van der Waals surface area (Å²) in [5.41, 5.74) is 7.13. The predicted octanol–water partition coefficient (Wildman–Crippen LogP) is 1.57. The largest absolute Gasteiger partial charge is 0.370 e. The maximum absolute atomic E-state index is 6.04. The van der Waals surface area contributed by atoms with Crippen molar-refractivity contribution in [1.82, 2.24) is 9.80 Å². The highest BCUT2D eigenvalue weighted by Gasteiger charge is 2.27. The van der Waals surface area contributed by atoms with Gasteiger partial charge >= 0.3 is 0 Å². The fraction of sp³-hybridized carbons (Fsp3) is 0.462. The summed E-state index contributed by atoms with van der Waals surface area (Å²) >= 11 is 6.04. The molecule has 1 unspecified atom stereocenters. The molecule has 0 radical (unpaired) electrons. The van der Waals surface area contributed by atoms with Gasteiger partial charge in [0.25, 0.3) is 0 Å². The van der Waals surface area contributed by atoms with Crippen LogP contribution in [0.15, 0.2) is 29.3 Å². The topological polar surface area (TPSA) is 44.9 Å². The Hall–Kier alpha value is -1.26. The molecule has 0 amide bonds. The summed E-state index contributed by atoms with van der Waals surface area (Å²) < 4.78 is 0. The van der Waals surface area contributed by atoms with Crippen LogP contribution < -0.4 is 5.73 Å². The first kappa shape index (κ1) is 13.2. The molecule has 0 aliphatic carbocycles. The minimum Gasteiger partial charge on any atom is -0.370 e. The summed E-state index contributed by atoms with van der Waals surface area (Å²) in [5.74, 6) is 0.627. The lowest BCUT2D eigenvalue weighted by molar-refractivity contribution is 0.293. The third-order valence-corrected chi connectivity index (χ3v) is 3.35. The number of aliphatic imine (C=N–C) groups is 1. The van der Waals surface area contributed by atoms with Crippen molar-refractivity contribution in [3.8, 4) is 0 Å². The average Bonchev–Trinajstić information content (AvgIpc) is 2.68. The Bertz CT molecular complexity index is 444. The Morgan fingerprint density at radius 2 is 2.28 bits per heavy atom. The van der Waals surface area contributed by atoms with Crippen molar-refractivity contribution >= 4 is 17.6 Å². The van der Waals surface area contributed by atoms with Crippen LogP contribution in [0.4, 0.5) is 0 Å². The van der Waals surface area contributed by atoms with E-state index in [0.29, 0.717) is 12.5 Å². The predicted molar refractivity (Wildman–Crippen MR) is 75.9 cm³/mol. The highest BCUT2D eigenvalue weighted by Crippen LogP contribution is 2.26. The molecule has 1 aliphatic rings. The second-order valence-corrected chi connectivity index (χ2v) is 5.20. The van der Waals surface area contributed by atoms with Crippen LogP contribution in [0.5, 0.6) is 0 Å². The lowest BCUT2D eigenvalue weighted by Crippen LogP contribution is -2.40. The molecule has 1 aromatic carbocycles. The van der Waals surface area contributed by atoms with Crippen LogP contribution in [0.1, 0.15) is 11.6 Å². The van der Waals surface area contributed by atoms with E-state index in [1.807, 2.05) is 18.2 Å². The number of nitrogens with zero attached hydrogens (tertiary/aromatic N) is 3. The number of likely N-dealkylation sites (N-methyl/N-ethyl adjacent to an activating group) is 1. The summed E-state index contributed by atoms with van der Waals surface area (Å²) in [5, 5.41) is 0.755. The van der Waals surface area contributed by atoms with Gasteiger partial charge in [0.05, 0.1) is 12.6 Å². The van der Waals surface area contributed by atoms with Gasteiger partial charge in [-0.25, -0.2) is 0 Å². The Balaban J connectivity index is 2.12. The van der Waals surface area contributed by atoms with E-state index in [1.165, 1.54) is 5.56 Å². The molecule has 0 saturated heterocycles. The highest BCUT2D eigenvalue weighted by atomic mass is 35.5. The van der Waals surface area contributed by atoms with Crippen molar-refractivity contribution in [3.63, 3.8) is 0 Å². The number of nitrogens with two attached hydrogens (primary N) is 1. The minimum atomic E-state index is 0.212. The van der Waals surface area contributed by atoms with Crippen molar-refractivity contribution in [1.29, 1.82) is 0 Å². The van der Waals surface area contributed by atoms with Gasteiger partial charge in [-0.05, 0) is 31.8 Å². The molecule has 2 N–H and O–H groups in total. The monoisotopic (exact) mass is 266 g/mol. The Labute approximate surface area is 113 Å². The lowest BCUT2D eigenvalue weighted by atomic mass is 10.1. The van der Waals surface area contributed by atoms with Gasteiger partial charge in [0, 0.05) is 18.1 Å². The molecule has 2 rings (SSSR count). The normalized spacial score (nSPS) is 19.4. The van der Waals surface area contributed by atoms with E-state index in [0.717, 1.165) is 18.1 Å². The minimum absolute atomic E-state index is 0.212. The van der Waals surface area contributed by atoms with Crippen molar-refractivity contribution in [2.24, 2.45) is 10.7 Å². The molecule has 0 fully saturated rings. The molecule has 0 aromatic heterocycles. The van der Waals surface area contributed by atoms with Crippen LogP contribution in [-0.2, 0) is 0 Å². The number of hydrogen-bond acceptors (Lipinski definition) is 4. The molecule has 0 bridgehead atoms. The zero-order chi connectivity index (χ0) is 13.1. The zero-order valence-electron chi connectivity index (χ0n) is 10.8. The molecule has 1 heterocycles. The Morgan fingerprint density at radius 1 is 1.50 bits per heavy atom. The molecular weight excluding hydrogens is 248 g/mol. The first-order chi connectivity index (χ1) is 8.58. The van der Waals surface area contributed by atoms with Crippen LogP contribution in [-0.4, -0.2) is 49.5 Å². The highest BCUT2D eigenvalue weighted by molar-refractivity contribution is 6.30. The summed E-state index contributed by atoms with van der Waals surface area (Å²) in [6.45, 7) is 2.53. The molecule has 1 aliphatic heterocycles. The average molecular weight is 267 g/mol. The Kier molecular flexibility index (Phi) is 4.09. The van der Waals surface area contributed by atoms with E-state index in [2.05, 4.69) is 35.0 Å². The second-order valence-electron chi connectivity index (χ2n) is 4.77. The summed E-state index contributed by atoms with van der Waals surface area (Å²) in [7, 11) is 4.11. The van der Waals surface area contributed by atoms with E-state index in [9.17, 15) is 0 Å². The van der Waals surface area contributed by atoms with Crippen molar-refractivity contribution in [2.75, 3.05) is 33.7 Å². The summed E-state index contributed by atoms with van der Waals surface area (Å²) in [4.78, 5) is 8.63. The summed E-state index contributed by atoms with van der Waals surface area (Å²) in [6, 6.07) is 8.13. The van der Waals surface area contributed by atoms with Gasteiger partial charge in [0.2, 0.25) is 0 Å². The van der Waals surface area contributed by atoms with Gasteiger partial charge < -0.3 is 15.5 Å². The second kappa shape index (κ2) is 5.59.